The lowest BCUT2D eigenvalue weighted by atomic mass is 10.0. The van der Waals surface area contributed by atoms with Crippen LogP contribution in [0.2, 0.25) is 0 Å². The summed E-state index contributed by atoms with van der Waals surface area (Å²) >= 11 is 5.56. The maximum atomic E-state index is 12.5. The fraction of sp³-hybridized carbons (Fsp3) is 0.138. The van der Waals surface area contributed by atoms with Crippen molar-refractivity contribution in [2.45, 2.75) is 25.9 Å². The Labute approximate surface area is 205 Å². The van der Waals surface area contributed by atoms with Crippen LogP contribution in [0.1, 0.15) is 33.5 Å². The Morgan fingerprint density at radius 1 is 0.853 bits per heavy atom. The number of pyridine rings is 1. The molecule has 4 nitrogen and oxygen atoms in total. The van der Waals surface area contributed by atoms with Crippen LogP contribution >= 0.6 is 12.2 Å². The summed E-state index contributed by atoms with van der Waals surface area (Å²) in [5.74, 6) is 0.934. The molecule has 0 fully saturated rings. The van der Waals surface area contributed by atoms with Gasteiger partial charge < -0.3 is 10.1 Å². The number of anilines is 1. The van der Waals surface area contributed by atoms with Crippen molar-refractivity contribution in [3.8, 4) is 5.75 Å². The van der Waals surface area contributed by atoms with Crippen LogP contribution in [0.25, 0.3) is 0 Å². The van der Waals surface area contributed by atoms with Gasteiger partial charge in [0.1, 0.15) is 12.4 Å². The third-order valence-electron chi connectivity index (χ3n) is 5.37. The highest BCUT2D eigenvalue weighted by atomic mass is 32.1. The van der Waals surface area contributed by atoms with Gasteiger partial charge in [0, 0.05) is 36.5 Å². The lowest BCUT2D eigenvalue weighted by Crippen LogP contribution is -2.12. The first-order chi connectivity index (χ1) is 16.7. The lowest BCUT2D eigenvalue weighted by Gasteiger charge is -2.11. The SMILES string of the molecule is O=C(CCc1cccnc1)c1ccc(NC(=S)Cc2cccc(OCc3ccccc3)c2)cc1. The Morgan fingerprint density at radius 2 is 1.62 bits per heavy atom. The molecule has 1 N–H and O–H groups in total. The molecule has 0 spiro atoms. The lowest BCUT2D eigenvalue weighted by molar-refractivity contribution is 0.0983. The van der Waals surface area contributed by atoms with E-state index >= 15 is 0 Å². The van der Waals surface area contributed by atoms with E-state index in [0.29, 0.717) is 36.4 Å². The minimum absolute atomic E-state index is 0.116. The van der Waals surface area contributed by atoms with Gasteiger partial charge in [-0.25, -0.2) is 0 Å². The van der Waals surface area contributed by atoms with Gasteiger partial charge >= 0.3 is 0 Å². The molecule has 1 heterocycles. The van der Waals surface area contributed by atoms with Crippen LogP contribution in [0.4, 0.5) is 5.69 Å². The van der Waals surface area contributed by atoms with E-state index in [-0.39, 0.29) is 5.78 Å². The van der Waals surface area contributed by atoms with Gasteiger partial charge in [0.25, 0.3) is 0 Å². The largest absolute Gasteiger partial charge is 0.489 e. The molecular formula is C29H26N2O2S. The standard InChI is InChI=1S/C29H26N2O2S/c32-28(16-11-22-9-5-17-30-20-22)25-12-14-26(15-13-25)31-29(34)19-24-8-4-10-27(18-24)33-21-23-6-2-1-3-7-23/h1-10,12-15,17-18,20H,11,16,19,21H2,(H,31,34). The molecule has 0 amide bonds. The third kappa shape index (κ3) is 7.09. The summed E-state index contributed by atoms with van der Waals surface area (Å²) in [7, 11) is 0. The molecule has 0 aliphatic rings. The number of nitrogens with zero attached hydrogens (tertiary/aromatic N) is 1. The number of ether oxygens (including phenoxy) is 1. The number of benzene rings is 3. The predicted molar refractivity (Wildman–Crippen MR) is 140 cm³/mol. The molecule has 3 aromatic carbocycles. The van der Waals surface area contributed by atoms with Crippen LogP contribution in [0.15, 0.2) is 103 Å². The van der Waals surface area contributed by atoms with Crippen molar-refractivity contribution < 1.29 is 9.53 Å². The zero-order valence-corrected chi connectivity index (χ0v) is 19.6. The molecule has 5 heteroatoms. The van der Waals surface area contributed by atoms with Crippen LogP contribution in [0.3, 0.4) is 0 Å². The molecule has 4 aromatic rings. The quantitative estimate of drug-likeness (QED) is 0.215. The molecule has 0 saturated heterocycles. The molecule has 0 aliphatic carbocycles. The third-order valence-corrected chi connectivity index (χ3v) is 5.61. The second-order valence-electron chi connectivity index (χ2n) is 8.01. The van der Waals surface area contributed by atoms with Crippen molar-refractivity contribution in [2.24, 2.45) is 0 Å². The van der Waals surface area contributed by atoms with E-state index in [2.05, 4.69) is 10.3 Å². The smallest absolute Gasteiger partial charge is 0.163 e. The number of carbonyl (C=O) groups is 1. The van der Waals surface area contributed by atoms with E-state index in [9.17, 15) is 4.79 Å². The first kappa shape index (κ1) is 23.3. The normalized spacial score (nSPS) is 10.5. The van der Waals surface area contributed by atoms with Gasteiger partial charge in [0.15, 0.2) is 5.78 Å². The number of aromatic nitrogens is 1. The van der Waals surface area contributed by atoms with Crippen molar-refractivity contribution >= 4 is 28.7 Å². The molecule has 0 aliphatic heterocycles. The fourth-order valence-electron chi connectivity index (χ4n) is 3.56. The molecule has 1 aromatic heterocycles. The average Bonchev–Trinajstić information content (AvgIpc) is 2.88. The number of rotatable bonds is 10. The average molecular weight is 467 g/mol. The first-order valence-corrected chi connectivity index (χ1v) is 11.6. The van der Waals surface area contributed by atoms with E-state index in [0.717, 1.165) is 28.1 Å². The number of aryl methyl sites for hydroxylation is 1. The summed E-state index contributed by atoms with van der Waals surface area (Å²) in [5, 5.41) is 3.26. The molecule has 0 bridgehead atoms. The fourth-order valence-corrected chi connectivity index (χ4v) is 3.85. The molecule has 4 rings (SSSR count). The van der Waals surface area contributed by atoms with Crippen LogP contribution in [0.5, 0.6) is 5.75 Å². The number of nitrogens with one attached hydrogen (secondary N) is 1. The van der Waals surface area contributed by atoms with Crippen LogP contribution in [-0.2, 0) is 19.4 Å². The van der Waals surface area contributed by atoms with Crippen molar-refractivity contribution in [3.05, 3.63) is 126 Å². The summed E-state index contributed by atoms with van der Waals surface area (Å²) in [6.45, 7) is 0.528. The minimum atomic E-state index is 0.116. The summed E-state index contributed by atoms with van der Waals surface area (Å²) in [6, 6.07) is 29.4. The maximum absolute atomic E-state index is 12.5. The highest BCUT2D eigenvalue weighted by Crippen LogP contribution is 2.18. The van der Waals surface area contributed by atoms with Crippen LogP contribution in [0, 0.1) is 0 Å². The Balaban J connectivity index is 1.27. The van der Waals surface area contributed by atoms with Crippen LogP contribution < -0.4 is 10.1 Å². The molecule has 0 unspecified atom stereocenters. The zero-order valence-electron chi connectivity index (χ0n) is 18.8. The highest BCUT2D eigenvalue weighted by molar-refractivity contribution is 7.80. The molecular weight excluding hydrogens is 440 g/mol. The van der Waals surface area contributed by atoms with Gasteiger partial charge in [-0.1, -0.05) is 60.7 Å². The van der Waals surface area contributed by atoms with Gasteiger partial charge in [0.05, 0.1) is 4.99 Å². The second-order valence-corrected chi connectivity index (χ2v) is 8.50. The molecule has 34 heavy (non-hydrogen) atoms. The second kappa shape index (κ2) is 11.9. The van der Waals surface area contributed by atoms with E-state index < -0.39 is 0 Å². The van der Waals surface area contributed by atoms with E-state index in [1.165, 1.54) is 0 Å². The van der Waals surface area contributed by atoms with Gasteiger partial charge in [-0.3, -0.25) is 9.78 Å². The van der Waals surface area contributed by atoms with Crippen molar-refractivity contribution in [2.75, 3.05) is 5.32 Å². The number of ketones is 1. The predicted octanol–water partition coefficient (Wildman–Crippen LogP) is 6.46. The number of Topliss-reactive ketones (excluding diaryl/α,β-unsaturated/α-hetero) is 1. The Bertz CT molecular complexity index is 1230. The van der Waals surface area contributed by atoms with Crippen LogP contribution in [-0.4, -0.2) is 15.8 Å². The number of hydrogen-bond donors (Lipinski definition) is 1. The number of thiocarbonyl (C=S) groups is 1. The maximum Gasteiger partial charge on any atom is 0.163 e. The summed E-state index contributed by atoms with van der Waals surface area (Å²) in [4.78, 5) is 17.3. The Morgan fingerprint density at radius 3 is 2.38 bits per heavy atom. The summed E-state index contributed by atoms with van der Waals surface area (Å²) in [5.41, 5.74) is 4.83. The van der Waals surface area contributed by atoms with Crippen molar-refractivity contribution in [1.82, 2.24) is 4.98 Å². The highest BCUT2D eigenvalue weighted by Gasteiger charge is 2.08. The number of carbonyl (C=O) groups excluding carboxylic acids is 1. The summed E-state index contributed by atoms with van der Waals surface area (Å²) < 4.78 is 5.92. The monoisotopic (exact) mass is 466 g/mol. The topological polar surface area (TPSA) is 51.2 Å². The van der Waals surface area contributed by atoms with Gasteiger partial charge in [-0.15, -0.1) is 0 Å². The van der Waals surface area contributed by atoms with E-state index in [1.807, 2.05) is 91.0 Å². The molecule has 0 atom stereocenters. The van der Waals surface area contributed by atoms with E-state index in [4.69, 9.17) is 17.0 Å². The molecule has 170 valence electrons. The molecule has 0 radical (unpaired) electrons. The van der Waals surface area contributed by atoms with Crippen molar-refractivity contribution in [3.63, 3.8) is 0 Å². The Hall–Kier alpha value is -3.83. The number of hydrogen-bond acceptors (Lipinski definition) is 4. The first-order valence-electron chi connectivity index (χ1n) is 11.2. The zero-order chi connectivity index (χ0) is 23.6. The van der Waals surface area contributed by atoms with Crippen molar-refractivity contribution in [1.29, 1.82) is 0 Å². The van der Waals surface area contributed by atoms with Gasteiger partial charge in [0.2, 0.25) is 0 Å². The minimum Gasteiger partial charge on any atom is -0.489 e. The van der Waals surface area contributed by atoms with E-state index in [1.54, 1.807) is 12.4 Å². The summed E-state index contributed by atoms with van der Waals surface area (Å²) in [6.07, 6.45) is 5.28. The van der Waals surface area contributed by atoms with Gasteiger partial charge in [-0.05, 0) is 65.6 Å². The molecule has 0 saturated carbocycles. The Kier molecular flexibility index (Phi) is 8.14. The van der Waals surface area contributed by atoms with Gasteiger partial charge in [-0.2, -0.15) is 0 Å².